The van der Waals surface area contributed by atoms with Crippen molar-refractivity contribution < 1.29 is 0 Å². The predicted octanol–water partition coefficient (Wildman–Crippen LogP) is 3.20. The van der Waals surface area contributed by atoms with Crippen molar-refractivity contribution in [2.45, 2.75) is 19.3 Å². The first kappa shape index (κ1) is 8.49. The molecule has 3 rings (SSSR count). The summed E-state index contributed by atoms with van der Waals surface area (Å²) in [6.45, 7) is 0. The van der Waals surface area contributed by atoms with Gasteiger partial charge in [-0.1, -0.05) is 24.3 Å². The van der Waals surface area contributed by atoms with Crippen LogP contribution in [-0.4, -0.2) is 0 Å². The van der Waals surface area contributed by atoms with Crippen LogP contribution in [0.15, 0.2) is 30.3 Å². The van der Waals surface area contributed by atoms with Crippen molar-refractivity contribution >= 4 is 10.8 Å². The van der Waals surface area contributed by atoms with Gasteiger partial charge in [0, 0.05) is 0 Å². The van der Waals surface area contributed by atoms with Crippen LogP contribution < -0.4 is 0 Å². The summed E-state index contributed by atoms with van der Waals surface area (Å²) in [5, 5.41) is 11.5. The summed E-state index contributed by atoms with van der Waals surface area (Å²) in [5.41, 5.74) is 3.62. The smallest absolute Gasteiger partial charge is 0.0998 e. The maximum Gasteiger partial charge on any atom is 0.0998 e. The van der Waals surface area contributed by atoms with E-state index in [4.69, 9.17) is 5.26 Å². The predicted molar refractivity (Wildman–Crippen MR) is 60.7 cm³/mol. The van der Waals surface area contributed by atoms with Gasteiger partial charge in [-0.3, -0.25) is 0 Å². The van der Waals surface area contributed by atoms with Crippen molar-refractivity contribution in [1.82, 2.24) is 0 Å². The molecule has 1 heteroatoms. The average molecular weight is 193 g/mol. The third-order valence-electron chi connectivity index (χ3n) is 3.23. The van der Waals surface area contributed by atoms with Crippen LogP contribution in [0.1, 0.15) is 23.1 Å². The average Bonchev–Trinajstić information content (AvgIpc) is 2.30. The summed E-state index contributed by atoms with van der Waals surface area (Å²) < 4.78 is 0. The molecule has 0 N–H and O–H groups in total. The summed E-state index contributed by atoms with van der Waals surface area (Å²) in [5.74, 6) is 0. The minimum atomic E-state index is 0.803. The van der Waals surface area contributed by atoms with Crippen LogP contribution in [0.25, 0.3) is 10.8 Å². The molecule has 1 nitrogen and oxygen atoms in total. The lowest BCUT2D eigenvalue weighted by atomic mass is 9.87. The molecule has 0 fully saturated rings. The van der Waals surface area contributed by atoms with Gasteiger partial charge in [0.25, 0.3) is 0 Å². The first-order valence-corrected chi connectivity index (χ1v) is 5.34. The number of rotatable bonds is 0. The van der Waals surface area contributed by atoms with E-state index in [1.165, 1.54) is 22.9 Å². The largest absolute Gasteiger partial charge is 0.192 e. The van der Waals surface area contributed by atoms with Gasteiger partial charge in [-0.15, -0.1) is 0 Å². The van der Waals surface area contributed by atoms with E-state index in [2.05, 4.69) is 30.3 Å². The van der Waals surface area contributed by atoms with Gasteiger partial charge < -0.3 is 0 Å². The normalized spacial score (nSPS) is 13.8. The van der Waals surface area contributed by atoms with Crippen molar-refractivity contribution in [3.63, 3.8) is 0 Å². The van der Waals surface area contributed by atoms with Gasteiger partial charge in [-0.25, -0.2) is 0 Å². The van der Waals surface area contributed by atoms with Crippen LogP contribution in [0.3, 0.4) is 0 Å². The van der Waals surface area contributed by atoms with Gasteiger partial charge >= 0.3 is 0 Å². The molecule has 0 radical (unpaired) electrons. The molecule has 0 spiro atoms. The van der Waals surface area contributed by atoms with Crippen molar-refractivity contribution in [3.8, 4) is 6.07 Å². The van der Waals surface area contributed by atoms with Crippen LogP contribution in [0, 0.1) is 11.3 Å². The first-order chi connectivity index (χ1) is 7.40. The number of hydrogen-bond donors (Lipinski definition) is 0. The number of nitrogens with zero attached hydrogens (tertiary/aromatic N) is 1. The van der Waals surface area contributed by atoms with E-state index < -0.39 is 0 Å². The second-order valence-corrected chi connectivity index (χ2v) is 4.08. The minimum absolute atomic E-state index is 0.803. The summed E-state index contributed by atoms with van der Waals surface area (Å²) in [6.07, 6.45) is 3.54. The molecule has 2 aromatic carbocycles. The standard InChI is InChI=1S/C14H11N/c15-9-12-8-7-11-4-1-3-10-5-2-6-13(12)14(10)11/h2,5-8H,1,3-4H2. The van der Waals surface area contributed by atoms with E-state index in [0.717, 1.165) is 23.8 Å². The van der Waals surface area contributed by atoms with E-state index in [1.54, 1.807) is 0 Å². The molecular weight excluding hydrogens is 182 g/mol. The van der Waals surface area contributed by atoms with Gasteiger partial charge in [0.15, 0.2) is 0 Å². The summed E-state index contributed by atoms with van der Waals surface area (Å²) in [6, 6.07) is 12.6. The Morgan fingerprint density at radius 3 is 2.60 bits per heavy atom. The van der Waals surface area contributed by atoms with Gasteiger partial charge in [0.05, 0.1) is 11.6 Å². The molecule has 0 atom stereocenters. The number of nitriles is 1. The van der Waals surface area contributed by atoms with Crippen LogP contribution in [0.4, 0.5) is 0 Å². The van der Waals surface area contributed by atoms with Crippen molar-refractivity contribution in [3.05, 3.63) is 47.0 Å². The molecular formula is C14H11N. The lowest BCUT2D eigenvalue weighted by Gasteiger charge is -2.17. The Bertz CT molecular complexity index is 565. The lowest BCUT2D eigenvalue weighted by molar-refractivity contribution is 0.808. The van der Waals surface area contributed by atoms with Gasteiger partial charge in [-0.05, 0) is 47.2 Å². The fraction of sp³-hybridized carbons (Fsp3) is 0.214. The lowest BCUT2D eigenvalue weighted by Crippen LogP contribution is -2.01. The molecule has 0 heterocycles. The SMILES string of the molecule is N#Cc1ccc2c3c(cccc13)CCC2. The molecule has 0 unspecified atom stereocenters. The zero-order valence-corrected chi connectivity index (χ0v) is 8.46. The Morgan fingerprint density at radius 1 is 1.00 bits per heavy atom. The summed E-state index contributed by atoms with van der Waals surface area (Å²) in [7, 11) is 0. The van der Waals surface area contributed by atoms with Gasteiger partial charge in [0.2, 0.25) is 0 Å². The molecule has 0 saturated carbocycles. The van der Waals surface area contributed by atoms with Crippen LogP contribution in [0.5, 0.6) is 0 Å². The Morgan fingerprint density at radius 2 is 1.80 bits per heavy atom. The number of aryl methyl sites for hydroxylation is 2. The maximum atomic E-state index is 9.06. The van der Waals surface area contributed by atoms with Crippen molar-refractivity contribution in [2.75, 3.05) is 0 Å². The zero-order valence-electron chi connectivity index (χ0n) is 8.46. The van der Waals surface area contributed by atoms with E-state index in [9.17, 15) is 0 Å². The Labute approximate surface area is 89.0 Å². The first-order valence-electron chi connectivity index (χ1n) is 5.34. The van der Waals surface area contributed by atoms with Crippen LogP contribution >= 0.6 is 0 Å². The second-order valence-electron chi connectivity index (χ2n) is 4.08. The third kappa shape index (κ3) is 1.15. The van der Waals surface area contributed by atoms with Crippen molar-refractivity contribution in [1.29, 1.82) is 5.26 Å². The van der Waals surface area contributed by atoms with E-state index in [-0.39, 0.29) is 0 Å². The highest BCUT2D eigenvalue weighted by Crippen LogP contribution is 2.31. The molecule has 72 valence electrons. The Balaban J connectivity index is 2.50. The number of benzene rings is 2. The Kier molecular flexibility index (Phi) is 1.76. The van der Waals surface area contributed by atoms with Crippen LogP contribution in [-0.2, 0) is 12.8 Å². The highest BCUT2D eigenvalue weighted by molar-refractivity contribution is 5.93. The van der Waals surface area contributed by atoms with Crippen LogP contribution in [0.2, 0.25) is 0 Å². The molecule has 0 aromatic heterocycles. The molecule has 0 bridgehead atoms. The third-order valence-corrected chi connectivity index (χ3v) is 3.23. The molecule has 0 amide bonds. The van der Waals surface area contributed by atoms with Crippen molar-refractivity contribution in [2.24, 2.45) is 0 Å². The fourth-order valence-corrected chi connectivity index (χ4v) is 2.54. The van der Waals surface area contributed by atoms with Gasteiger partial charge in [-0.2, -0.15) is 5.26 Å². The topological polar surface area (TPSA) is 23.8 Å². The van der Waals surface area contributed by atoms with Gasteiger partial charge in [0.1, 0.15) is 0 Å². The van der Waals surface area contributed by atoms with E-state index in [0.29, 0.717) is 0 Å². The Hall–Kier alpha value is -1.81. The second kappa shape index (κ2) is 3.10. The minimum Gasteiger partial charge on any atom is -0.192 e. The quantitative estimate of drug-likeness (QED) is 0.630. The highest BCUT2D eigenvalue weighted by atomic mass is 14.3. The molecule has 1 aliphatic rings. The molecule has 0 saturated heterocycles. The zero-order chi connectivity index (χ0) is 10.3. The fourth-order valence-electron chi connectivity index (χ4n) is 2.54. The van der Waals surface area contributed by atoms with E-state index in [1.807, 2.05) is 6.07 Å². The molecule has 15 heavy (non-hydrogen) atoms. The van der Waals surface area contributed by atoms with E-state index >= 15 is 0 Å². The highest BCUT2D eigenvalue weighted by Gasteiger charge is 2.13. The summed E-state index contributed by atoms with van der Waals surface area (Å²) >= 11 is 0. The number of hydrogen-bond acceptors (Lipinski definition) is 1. The maximum absolute atomic E-state index is 9.06. The molecule has 2 aromatic rings. The summed E-state index contributed by atoms with van der Waals surface area (Å²) in [4.78, 5) is 0. The monoisotopic (exact) mass is 193 g/mol. The molecule has 0 aliphatic heterocycles. The molecule has 1 aliphatic carbocycles.